The van der Waals surface area contributed by atoms with E-state index in [0.717, 1.165) is 0 Å². The molecule has 0 bridgehead atoms. The van der Waals surface area contributed by atoms with Crippen molar-refractivity contribution in [1.29, 1.82) is 0 Å². The summed E-state index contributed by atoms with van der Waals surface area (Å²) in [7, 11) is 1.52. The van der Waals surface area contributed by atoms with Crippen molar-refractivity contribution in [3.05, 3.63) is 29.8 Å². The number of rotatable bonds is 8. The number of nitrogens with zero attached hydrogens (tertiary/aromatic N) is 1. The van der Waals surface area contributed by atoms with Crippen molar-refractivity contribution in [2.75, 3.05) is 13.7 Å². The van der Waals surface area contributed by atoms with E-state index in [9.17, 15) is 19.2 Å². The van der Waals surface area contributed by atoms with Gasteiger partial charge in [0.2, 0.25) is 0 Å². The van der Waals surface area contributed by atoms with Crippen LogP contribution in [0.4, 0.5) is 4.79 Å². The van der Waals surface area contributed by atoms with Crippen LogP contribution in [0.2, 0.25) is 0 Å². The number of esters is 1. The van der Waals surface area contributed by atoms with Crippen molar-refractivity contribution >= 4 is 23.9 Å². The Labute approximate surface area is 162 Å². The minimum absolute atomic E-state index is 0.00769. The Kier molecular flexibility index (Phi) is 7.11. The Hall–Kier alpha value is -2.94. The molecule has 0 spiro atoms. The van der Waals surface area contributed by atoms with Gasteiger partial charge in [0.1, 0.15) is 12.4 Å². The molecule has 1 aromatic rings. The molecule has 0 aliphatic carbocycles. The summed E-state index contributed by atoms with van der Waals surface area (Å²) in [5, 5.41) is 0.412. The van der Waals surface area contributed by atoms with E-state index in [1.54, 1.807) is 31.2 Å². The number of imide groups is 1. The van der Waals surface area contributed by atoms with Gasteiger partial charge in [-0.1, -0.05) is 24.1 Å². The molecule has 2 amide bonds. The van der Waals surface area contributed by atoms with E-state index >= 15 is 0 Å². The SMILES string of the molecule is CCC(C)(COC)C(=O)Oc1ccc(COC(=O)ON2C(=O)CCC2=O)cc1. The molecule has 1 heterocycles. The fraction of sp³-hybridized carbons (Fsp3) is 0.474. The molecule has 2 rings (SSSR count). The van der Waals surface area contributed by atoms with Gasteiger partial charge in [0.15, 0.2) is 0 Å². The number of hydroxylamine groups is 2. The molecule has 1 aromatic carbocycles. The van der Waals surface area contributed by atoms with Gasteiger partial charge >= 0.3 is 12.1 Å². The number of benzene rings is 1. The molecule has 0 radical (unpaired) electrons. The Morgan fingerprint density at radius 3 is 2.25 bits per heavy atom. The number of ether oxygens (including phenoxy) is 3. The number of carbonyl (C=O) groups excluding carboxylic acids is 4. The number of amides is 2. The number of carbonyl (C=O) groups is 4. The van der Waals surface area contributed by atoms with Crippen LogP contribution in [0.15, 0.2) is 24.3 Å². The number of methoxy groups -OCH3 is 1. The number of hydrogen-bond donors (Lipinski definition) is 0. The average Bonchev–Trinajstić information content (AvgIpc) is 2.99. The predicted molar refractivity (Wildman–Crippen MR) is 94.7 cm³/mol. The summed E-state index contributed by atoms with van der Waals surface area (Å²) in [4.78, 5) is 51.3. The standard InChI is InChI=1S/C19H23NO8/c1-4-19(2,12-25-3)17(23)27-14-7-5-13(6-8-14)11-26-18(24)28-20-15(21)9-10-16(20)22/h5-8H,4,9-12H2,1-3H3. The summed E-state index contributed by atoms with van der Waals surface area (Å²) >= 11 is 0. The minimum atomic E-state index is -1.16. The maximum absolute atomic E-state index is 12.3. The smallest absolute Gasteiger partial charge is 0.428 e. The lowest BCUT2D eigenvalue weighted by Gasteiger charge is -2.24. The molecule has 0 N–H and O–H groups in total. The fourth-order valence-electron chi connectivity index (χ4n) is 2.41. The molecule has 0 saturated carbocycles. The van der Waals surface area contributed by atoms with E-state index in [2.05, 4.69) is 4.84 Å². The van der Waals surface area contributed by atoms with Gasteiger partial charge in [0.05, 0.1) is 12.0 Å². The van der Waals surface area contributed by atoms with Gasteiger partial charge in [0.25, 0.3) is 11.8 Å². The molecule has 0 aromatic heterocycles. The molecule has 9 nitrogen and oxygen atoms in total. The first kappa shape index (κ1) is 21.4. The molecule has 1 fully saturated rings. The third kappa shape index (κ3) is 5.29. The first-order valence-corrected chi connectivity index (χ1v) is 8.79. The van der Waals surface area contributed by atoms with E-state index in [-0.39, 0.29) is 26.1 Å². The third-order valence-electron chi connectivity index (χ3n) is 4.40. The van der Waals surface area contributed by atoms with E-state index < -0.39 is 29.4 Å². The fourth-order valence-corrected chi connectivity index (χ4v) is 2.41. The van der Waals surface area contributed by atoms with Crippen molar-refractivity contribution in [3.8, 4) is 5.75 Å². The largest absolute Gasteiger partial charge is 0.534 e. The Morgan fingerprint density at radius 2 is 1.71 bits per heavy atom. The molecule has 1 unspecified atom stereocenters. The van der Waals surface area contributed by atoms with E-state index in [1.165, 1.54) is 7.11 Å². The van der Waals surface area contributed by atoms with Crippen LogP contribution >= 0.6 is 0 Å². The van der Waals surface area contributed by atoms with E-state index in [1.807, 2.05) is 6.92 Å². The lowest BCUT2D eigenvalue weighted by atomic mass is 9.89. The van der Waals surface area contributed by atoms with Crippen LogP contribution in [-0.4, -0.2) is 42.7 Å². The summed E-state index contributed by atoms with van der Waals surface area (Å²) in [6, 6.07) is 6.36. The zero-order chi connectivity index (χ0) is 20.7. The van der Waals surface area contributed by atoms with Crippen LogP contribution in [0.1, 0.15) is 38.7 Å². The van der Waals surface area contributed by atoms with Crippen LogP contribution in [0, 0.1) is 5.41 Å². The molecule has 1 aliphatic rings. The first-order valence-electron chi connectivity index (χ1n) is 8.79. The monoisotopic (exact) mass is 393 g/mol. The highest BCUT2D eigenvalue weighted by atomic mass is 16.8. The first-order chi connectivity index (χ1) is 13.3. The van der Waals surface area contributed by atoms with Gasteiger partial charge in [-0.3, -0.25) is 19.2 Å². The summed E-state index contributed by atoms with van der Waals surface area (Å²) in [5.41, 5.74) is -0.143. The predicted octanol–water partition coefficient (Wildman–Crippen LogP) is 2.37. The highest BCUT2D eigenvalue weighted by Crippen LogP contribution is 2.25. The highest BCUT2D eigenvalue weighted by Gasteiger charge is 2.34. The zero-order valence-corrected chi connectivity index (χ0v) is 16.1. The lowest BCUT2D eigenvalue weighted by Crippen LogP contribution is -2.35. The van der Waals surface area contributed by atoms with Gasteiger partial charge < -0.3 is 14.2 Å². The second kappa shape index (κ2) is 9.32. The van der Waals surface area contributed by atoms with Gasteiger partial charge in [0, 0.05) is 20.0 Å². The Bertz CT molecular complexity index is 729. The van der Waals surface area contributed by atoms with Gasteiger partial charge in [-0.2, -0.15) is 0 Å². The van der Waals surface area contributed by atoms with Gasteiger partial charge in [-0.05, 0) is 31.0 Å². The maximum Gasteiger partial charge on any atom is 0.534 e. The lowest BCUT2D eigenvalue weighted by molar-refractivity contribution is -0.177. The van der Waals surface area contributed by atoms with Crippen molar-refractivity contribution in [3.63, 3.8) is 0 Å². The Balaban J connectivity index is 1.85. The normalized spacial score (nSPS) is 15.9. The van der Waals surface area contributed by atoms with Gasteiger partial charge in [-0.25, -0.2) is 4.79 Å². The molecular formula is C19H23NO8. The molecule has 1 aliphatic heterocycles. The van der Waals surface area contributed by atoms with Crippen LogP contribution in [0.25, 0.3) is 0 Å². The summed E-state index contributed by atoms with van der Waals surface area (Å²) < 4.78 is 15.3. The van der Waals surface area contributed by atoms with Crippen LogP contribution in [-0.2, 0) is 35.3 Å². The molecule has 28 heavy (non-hydrogen) atoms. The van der Waals surface area contributed by atoms with Crippen molar-refractivity contribution in [1.82, 2.24) is 5.06 Å². The third-order valence-corrected chi connectivity index (χ3v) is 4.40. The molecule has 1 saturated heterocycles. The minimum Gasteiger partial charge on any atom is -0.428 e. The molecular weight excluding hydrogens is 370 g/mol. The van der Waals surface area contributed by atoms with E-state index in [4.69, 9.17) is 14.2 Å². The summed E-state index contributed by atoms with van der Waals surface area (Å²) in [6.45, 7) is 3.75. The second-order valence-corrected chi connectivity index (χ2v) is 6.59. The van der Waals surface area contributed by atoms with Crippen LogP contribution in [0.5, 0.6) is 5.75 Å². The summed E-state index contributed by atoms with van der Waals surface area (Å²) in [5.74, 6) is -1.22. The van der Waals surface area contributed by atoms with Crippen LogP contribution in [0.3, 0.4) is 0 Å². The molecule has 152 valence electrons. The highest BCUT2D eigenvalue weighted by molar-refractivity contribution is 6.01. The second-order valence-electron chi connectivity index (χ2n) is 6.59. The van der Waals surface area contributed by atoms with E-state index in [0.29, 0.717) is 22.8 Å². The topological polar surface area (TPSA) is 108 Å². The van der Waals surface area contributed by atoms with Crippen molar-refractivity contribution in [2.45, 2.75) is 39.7 Å². The Morgan fingerprint density at radius 1 is 1.11 bits per heavy atom. The van der Waals surface area contributed by atoms with Crippen LogP contribution < -0.4 is 4.74 Å². The maximum atomic E-state index is 12.3. The molecule has 1 atom stereocenters. The van der Waals surface area contributed by atoms with Gasteiger partial charge in [-0.15, -0.1) is 0 Å². The zero-order valence-electron chi connectivity index (χ0n) is 16.1. The quantitative estimate of drug-likeness (QED) is 0.376. The average molecular weight is 393 g/mol. The summed E-state index contributed by atoms with van der Waals surface area (Å²) in [6.07, 6.45) is -0.575. The van der Waals surface area contributed by atoms with Crippen molar-refractivity contribution < 1.29 is 38.2 Å². The number of hydrogen-bond acceptors (Lipinski definition) is 8. The van der Waals surface area contributed by atoms with Crippen molar-refractivity contribution in [2.24, 2.45) is 5.41 Å². The molecule has 9 heteroatoms.